The number of aromatic nitrogens is 2. The molecule has 204 valence electrons. The van der Waals surface area contributed by atoms with E-state index in [9.17, 15) is 4.79 Å². The first-order valence-corrected chi connectivity index (χ1v) is 14.3. The number of rotatable bonds is 9. The zero-order valence-electron chi connectivity index (χ0n) is 23.8. The van der Waals surface area contributed by atoms with Crippen molar-refractivity contribution in [3.05, 3.63) is 30.1 Å². The first kappa shape index (κ1) is 27.8. The molecule has 7 heteroatoms. The second kappa shape index (κ2) is 12.1. The average Bonchev–Trinajstić information content (AvgIpc) is 2.91. The maximum Gasteiger partial charge on any atom is 0.328 e. The molecule has 2 aromatic rings. The number of piperazine rings is 1. The summed E-state index contributed by atoms with van der Waals surface area (Å²) in [7, 11) is 1.43. The summed E-state index contributed by atoms with van der Waals surface area (Å²) in [6, 6.07) is 8.28. The summed E-state index contributed by atoms with van der Waals surface area (Å²) < 4.78 is 5.04. The third kappa shape index (κ3) is 6.61. The number of hydrogen-bond acceptors (Lipinski definition) is 7. The van der Waals surface area contributed by atoms with Crippen molar-refractivity contribution >= 4 is 22.7 Å². The normalized spacial score (nSPS) is 22.8. The number of hydrogen-bond donors (Lipinski definition) is 1. The highest BCUT2D eigenvalue weighted by Crippen LogP contribution is 2.41. The largest absolute Gasteiger partial charge is 0.467 e. The Kier molecular flexibility index (Phi) is 9.07. The number of carbonyl (C=O) groups excluding carboxylic acids is 1. The lowest BCUT2D eigenvalue weighted by molar-refractivity contribution is -0.142. The molecule has 2 fully saturated rings. The van der Waals surface area contributed by atoms with E-state index in [2.05, 4.69) is 35.9 Å². The molecule has 1 aliphatic carbocycles. The predicted octanol–water partition coefficient (Wildman–Crippen LogP) is 5.35. The quantitative estimate of drug-likeness (QED) is 0.457. The van der Waals surface area contributed by atoms with Gasteiger partial charge in [-0.05, 0) is 55.1 Å². The van der Waals surface area contributed by atoms with Gasteiger partial charge in [-0.1, -0.05) is 53.2 Å². The van der Waals surface area contributed by atoms with Gasteiger partial charge in [0.1, 0.15) is 17.7 Å². The molecule has 7 nitrogen and oxygen atoms in total. The van der Waals surface area contributed by atoms with E-state index in [1.165, 1.54) is 39.2 Å². The fourth-order valence-electron chi connectivity index (χ4n) is 6.08. The molecule has 1 N–H and O–H groups in total. The zero-order valence-corrected chi connectivity index (χ0v) is 23.8. The Morgan fingerprint density at radius 2 is 1.76 bits per heavy atom. The fraction of sp³-hybridized carbons (Fsp3) is 0.700. The maximum absolute atomic E-state index is 12.4. The highest BCUT2D eigenvalue weighted by atomic mass is 16.5. The molecule has 1 atom stereocenters. The Labute approximate surface area is 223 Å². The van der Waals surface area contributed by atoms with Gasteiger partial charge in [0, 0.05) is 37.6 Å². The van der Waals surface area contributed by atoms with Crippen LogP contribution >= 0.6 is 0 Å². The summed E-state index contributed by atoms with van der Waals surface area (Å²) in [5.41, 5.74) is 1.37. The number of anilines is 1. The maximum atomic E-state index is 12.4. The van der Waals surface area contributed by atoms with Crippen LogP contribution in [0.1, 0.15) is 72.5 Å². The molecule has 0 amide bonds. The van der Waals surface area contributed by atoms with Crippen LogP contribution in [0.15, 0.2) is 24.3 Å². The first-order valence-electron chi connectivity index (χ1n) is 14.3. The standard InChI is InChI=1S/C30H47N5O2/c1-7-30(4,5)22-12-14-23(15-13-22)35-18-16-34(17-19-35)20-26-31-25-11-9-8-10-24(25)28(32-26)33-27(21(2)3)29(36)37-6/h8-11,21-23,27H,7,12-20H2,1-6H3,(H,31,32,33)/t22?,23?,27-/m0/s1. The molecule has 1 saturated heterocycles. The van der Waals surface area contributed by atoms with Gasteiger partial charge in [-0.25, -0.2) is 14.8 Å². The van der Waals surface area contributed by atoms with E-state index in [-0.39, 0.29) is 11.9 Å². The van der Waals surface area contributed by atoms with Crippen molar-refractivity contribution in [2.45, 2.75) is 85.4 Å². The van der Waals surface area contributed by atoms with Gasteiger partial charge in [-0.3, -0.25) is 9.80 Å². The van der Waals surface area contributed by atoms with Gasteiger partial charge in [0.15, 0.2) is 0 Å². The second-order valence-corrected chi connectivity index (χ2v) is 12.1. The Morgan fingerprint density at radius 3 is 2.38 bits per heavy atom. The number of para-hydroxylation sites is 1. The Hall–Kier alpha value is -2.25. The monoisotopic (exact) mass is 509 g/mol. The summed E-state index contributed by atoms with van der Waals surface area (Å²) in [5.74, 6) is 2.17. The number of ether oxygens (including phenoxy) is 1. The molecule has 1 aromatic carbocycles. The molecule has 4 rings (SSSR count). The fourth-order valence-corrected chi connectivity index (χ4v) is 6.08. The van der Waals surface area contributed by atoms with Crippen LogP contribution in [0.4, 0.5) is 5.82 Å². The van der Waals surface area contributed by atoms with Crippen LogP contribution in [0, 0.1) is 17.3 Å². The second-order valence-electron chi connectivity index (χ2n) is 12.1. The van der Waals surface area contributed by atoms with Gasteiger partial charge in [0.05, 0.1) is 19.2 Å². The van der Waals surface area contributed by atoms with E-state index in [0.717, 1.165) is 61.4 Å². The molecule has 37 heavy (non-hydrogen) atoms. The van der Waals surface area contributed by atoms with Crippen LogP contribution in [0.2, 0.25) is 0 Å². The van der Waals surface area contributed by atoms with Crippen LogP contribution in [0.3, 0.4) is 0 Å². The molecule has 0 spiro atoms. The van der Waals surface area contributed by atoms with Crippen molar-refractivity contribution in [1.82, 2.24) is 19.8 Å². The van der Waals surface area contributed by atoms with E-state index in [4.69, 9.17) is 14.7 Å². The van der Waals surface area contributed by atoms with E-state index >= 15 is 0 Å². The lowest BCUT2D eigenvalue weighted by Crippen LogP contribution is -2.51. The number of nitrogens with zero attached hydrogens (tertiary/aromatic N) is 4. The topological polar surface area (TPSA) is 70.6 Å². The highest BCUT2D eigenvalue weighted by Gasteiger charge is 2.34. The summed E-state index contributed by atoms with van der Waals surface area (Å²) in [6.45, 7) is 16.3. The molecular formula is C30H47N5O2. The highest BCUT2D eigenvalue weighted by molar-refractivity contribution is 5.91. The molecule has 1 aromatic heterocycles. The number of esters is 1. The van der Waals surface area contributed by atoms with Crippen LogP contribution in [-0.2, 0) is 16.1 Å². The number of fused-ring (bicyclic) bond motifs is 1. The lowest BCUT2D eigenvalue weighted by atomic mass is 9.68. The number of nitrogens with one attached hydrogen (secondary N) is 1. The van der Waals surface area contributed by atoms with Crippen LogP contribution in [0.25, 0.3) is 10.9 Å². The molecule has 0 bridgehead atoms. The summed E-state index contributed by atoms with van der Waals surface area (Å²) in [4.78, 5) is 27.4. The Bertz CT molecular complexity index is 1040. The first-order chi connectivity index (χ1) is 17.7. The van der Waals surface area contributed by atoms with Gasteiger partial charge in [0.25, 0.3) is 0 Å². The molecular weight excluding hydrogens is 462 g/mol. The smallest absolute Gasteiger partial charge is 0.328 e. The molecule has 0 radical (unpaired) electrons. The van der Waals surface area contributed by atoms with Gasteiger partial charge < -0.3 is 10.1 Å². The van der Waals surface area contributed by atoms with E-state index in [1.54, 1.807) is 0 Å². The van der Waals surface area contributed by atoms with E-state index in [0.29, 0.717) is 11.2 Å². The third-order valence-electron chi connectivity index (χ3n) is 9.06. The minimum atomic E-state index is -0.460. The molecule has 0 unspecified atom stereocenters. The molecule has 2 heterocycles. The van der Waals surface area contributed by atoms with Crippen LogP contribution in [-0.4, -0.2) is 71.1 Å². The van der Waals surface area contributed by atoms with Crippen molar-refractivity contribution in [2.24, 2.45) is 17.3 Å². The number of benzene rings is 1. The summed E-state index contributed by atoms with van der Waals surface area (Å²) >= 11 is 0. The SMILES string of the molecule is CCC(C)(C)C1CCC(N2CCN(Cc3nc(N[C@H](C(=O)OC)C(C)C)c4ccccc4n3)CC2)CC1. The van der Waals surface area contributed by atoms with Crippen LogP contribution < -0.4 is 5.32 Å². The number of methoxy groups -OCH3 is 1. The van der Waals surface area contributed by atoms with Gasteiger partial charge >= 0.3 is 5.97 Å². The Morgan fingerprint density at radius 1 is 1.08 bits per heavy atom. The lowest BCUT2D eigenvalue weighted by Gasteiger charge is -2.44. The predicted molar refractivity (Wildman–Crippen MR) is 150 cm³/mol. The average molecular weight is 510 g/mol. The molecule has 1 saturated carbocycles. The summed E-state index contributed by atoms with van der Waals surface area (Å²) in [5, 5.41) is 4.29. The summed E-state index contributed by atoms with van der Waals surface area (Å²) in [6.07, 6.45) is 6.70. The molecule has 1 aliphatic heterocycles. The minimum Gasteiger partial charge on any atom is -0.467 e. The Balaban J connectivity index is 1.39. The van der Waals surface area contributed by atoms with Crippen LogP contribution in [0.5, 0.6) is 0 Å². The van der Waals surface area contributed by atoms with E-state index < -0.39 is 6.04 Å². The van der Waals surface area contributed by atoms with Crippen molar-refractivity contribution in [3.8, 4) is 0 Å². The van der Waals surface area contributed by atoms with Gasteiger partial charge in [0.2, 0.25) is 0 Å². The van der Waals surface area contributed by atoms with E-state index in [1.807, 2.05) is 38.1 Å². The minimum absolute atomic E-state index is 0.0702. The number of carbonyl (C=O) groups is 1. The zero-order chi connectivity index (χ0) is 26.6. The van der Waals surface area contributed by atoms with Crippen molar-refractivity contribution < 1.29 is 9.53 Å². The third-order valence-corrected chi connectivity index (χ3v) is 9.06. The van der Waals surface area contributed by atoms with Crippen molar-refractivity contribution in [1.29, 1.82) is 0 Å². The van der Waals surface area contributed by atoms with Crippen molar-refractivity contribution in [2.75, 3.05) is 38.6 Å². The molecule has 2 aliphatic rings. The van der Waals surface area contributed by atoms with Gasteiger partial charge in [-0.2, -0.15) is 0 Å². The van der Waals surface area contributed by atoms with Gasteiger partial charge in [-0.15, -0.1) is 0 Å². The van der Waals surface area contributed by atoms with Crippen molar-refractivity contribution in [3.63, 3.8) is 0 Å².